The largest absolute Gasteiger partial charge is 0.385 e. The first-order valence-electron chi connectivity index (χ1n) is 11.6. The maximum atomic E-state index is 14.7. The topological polar surface area (TPSA) is 102 Å². The van der Waals surface area contributed by atoms with Gasteiger partial charge in [0.2, 0.25) is 5.95 Å². The van der Waals surface area contributed by atoms with Crippen LogP contribution < -0.4 is 5.73 Å². The van der Waals surface area contributed by atoms with E-state index in [2.05, 4.69) is 36.3 Å². The molecule has 0 amide bonds. The second-order valence-corrected chi connectivity index (χ2v) is 9.39. The normalized spacial score (nSPS) is 18.4. The number of likely N-dealkylation sites (tertiary alicyclic amines) is 1. The van der Waals surface area contributed by atoms with Gasteiger partial charge in [-0.2, -0.15) is 0 Å². The average molecular weight is 465 g/mol. The number of nitrogen functional groups attached to an aromatic ring is 1. The Balaban J connectivity index is 1.51. The van der Waals surface area contributed by atoms with Crippen LogP contribution in [0.15, 0.2) is 24.7 Å². The van der Waals surface area contributed by atoms with Gasteiger partial charge < -0.3 is 20.1 Å². The van der Waals surface area contributed by atoms with Crippen molar-refractivity contribution in [2.45, 2.75) is 37.8 Å². The number of hydrogen-bond donors (Lipinski definition) is 2. The molecule has 0 spiro atoms. The number of ether oxygens (including phenoxy) is 1. The summed E-state index contributed by atoms with van der Waals surface area (Å²) in [7, 11) is 1.71. The lowest BCUT2D eigenvalue weighted by molar-refractivity contribution is 0.0933. The number of rotatable bonds is 7. The van der Waals surface area contributed by atoms with Crippen LogP contribution in [0.4, 0.5) is 10.3 Å². The number of nitrogens with zero attached hydrogens (tertiary/aromatic N) is 5. The molecule has 2 aliphatic rings. The van der Waals surface area contributed by atoms with E-state index in [0.717, 1.165) is 62.6 Å². The highest BCUT2D eigenvalue weighted by Gasteiger charge is 2.38. The fourth-order valence-corrected chi connectivity index (χ4v) is 4.55. The molecule has 5 rings (SSSR count). The smallest absolute Gasteiger partial charge is 0.220 e. The van der Waals surface area contributed by atoms with Crippen LogP contribution in [0.25, 0.3) is 22.2 Å². The first-order chi connectivity index (χ1) is 16.4. The molecule has 0 aromatic carbocycles. The third-order valence-electron chi connectivity index (χ3n) is 6.71. The van der Waals surface area contributed by atoms with E-state index in [1.807, 2.05) is 12.3 Å². The number of halogens is 1. The SMILES string of the molecule is COCCCN1CC(n2cc(-c3nc(N)ncc3F)c3cc(C#CC(C)(O)C4CC4)ncc32)C1. The van der Waals surface area contributed by atoms with Crippen LogP contribution in [0.1, 0.15) is 37.9 Å². The summed E-state index contributed by atoms with van der Waals surface area (Å²) in [6.07, 6.45) is 7.74. The van der Waals surface area contributed by atoms with Crippen molar-refractivity contribution in [1.29, 1.82) is 0 Å². The molecule has 3 aromatic heterocycles. The Labute approximate surface area is 198 Å². The minimum atomic E-state index is -1.03. The molecule has 1 saturated heterocycles. The molecular formula is C25H29FN6O2. The Hall–Kier alpha value is -3.06. The van der Waals surface area contributed by atoms with E-state index in [9.17, 15) is 9.50 Å². The summed E-state index contributed by atoms with van der Waals surface area (Å²) in [4.78, 5) is 14.8. The minimum absolute atomic E-state index is 0.0137. The molecule has 1 aliphatic carbocycles. The zero-order valence-electron chi connectivity index (χ0n) is 19.5. The number of methoxy groups -OCH3 is 1. The summed E-state index contributed by atoms with van der Waals surface area (Å²) in [5.74, 6) is 5.66. The number of hydrogen-bond acceptors (Lipinski definition) is 7. The van der Waals surface area contributed by atoms with Crippen LogP contribution in [0.3, 0.4) is 0 Å². The highest BCUT2D eigenvalue weighted by molar-refractivity contribution is 5.95. The average Bonchev–Trinajstić information content (AvgIpc) is 3.59. The Kier molecular flexibility index (Phi) is 5.98. The predicted molar refractivity (Wildman–Crippen MR) is 127 cm³/mol. The molecule has 1 saturated carbocycles. The molecule has 0 radical (unpaired) electrons. The van der Waals surface area contributed by atoms with Gasteiger partial charge in [-0.3, -0.25) is 4.90 Å². The van der Waals surface area contributed by atoms with Gasteiger partial charge in [-0.1, -0.05) is 5.92 Å². The van der Waals surface area contributed by atoms with E-state index in [4.69, 9.17) is 10.5 Å². The van der Waals surface area contributed by atoms with E-state index >= 15 is 0 Å². The number of aromatic nitrogens is 4. The fraction of sp³-hybridized carbons (Fsp3) is 0.480. The van der Waals surface area contributed by atoms with Crippen LogP contribution in [-0.4, -0.2) is 68.5 Å². The third-order valence-corrected chi connectivity index (χ3v) is 6.71. The molecular weight excluding hydrogens is 435 g/mol. The van der Waals surface area contributed by atoms with Gasteiger partial charge in [0, 0.05) is 50.5 Å². The molecule has 3 aromatic rings. The Morgan fingerprint density at radius 3 is 2.82 bits per heavy atom. The van der Waals surface area contributed by atoms with Gasteiger partial charge in [-0.05, 0) is 44.1 Å². The standard InChI is InChI=1S/C25H29FN6O2/c1-25(33,16-4-5-16)7-6-17-10-19-20(23-21(26)11-29-24(27)30-23)15-32(22(19)12-28-17)18-13-31(14-18)8-3-9-34-2/h10-12,15-16,18,33H,3-5,8-9,13-14H2,1-2H3,(H2,27,29,30). The summed E-state index contributed by atoms with van der Waals surface area (Å²) in [5.41, 5.74) is 6.92. The first kappa shape index (κ1) is 22.7. The number of fused-ring (bicyclic) bond motifs is 1. The van der Waals surface area contributed by atoms with E-state index in [0.29, 0.717) is 11.3 Å². The monoisotopic (exact) mass is 464 g/mol. The molecule has 178 valence electrons. The summed E-state index contributed by atoms with van der Waals surface area (Å²) in [6.45, 7) is 5.26. The molecule has 9 heteroatoms. The Morgan fingerprint density at radius 1 is 1.29 bits per heavy atom. The summed E-state index contributed by atoms with van der Waals surface area (Å²) in [6, 6.07) is 2.08. The van der Waals surface area contributed by atoms with Crippen molar-refractivity contribution < 1.29 is 14.2 Å². The van der Waals surface area contributed by atoms with Crippen LogP contribution in [0.5, 0.6) is 0 Å². The van der Waals surface area contributed by atoms with Crippen LogP contribution in [-0.2, 0) is 4.74 Å². The van der Waals surface area contributed by atoms with Gasteiger partial charge in [-0.25, -0.2) is 19.3 Å². The molecule has 1 aliphatic heterocycles. The second-order valence-electron chi connectivity index (χ2n) is 9.39. The van der Waals surface area contributed by atoms with E-state index in [1.54, 1.807) is 20.2 Å². The van der Waals surface area contributed by atoms with Crippen molar-refractivity contribution in [3.8, 4) is 23.1 Å². The quantitative estimate of drug-likeness (QED) is 0.409. The second kappa shape index (κ2) is 8.95. The zero-order valence-corrected chi connectivity index (χ0v) is 19.5. The van der Waals surface area contributed by atoms with Gasteiger partial charge in [0.25, 0.3) is 0 Å². The highest BCUT2D eigenvalue weighted by atomic mass is 19.1. The summed E-state index contributed by atoms with van der Waals surface area (Å²) < 4.78 is 22.0. The van der Waals surface area contributed by atoms with Crippen molar-refractivity contribution in [3.63, 3.8) is 0 Å². The van der Waals surface area contributed by atoms with Crippen molar-refractivity contribution in [3.05, 3.63) is 36.2 Å². The maximum absolute atomic E-state index is 14.7. The molecule has 1 unspecified atom stereocenters. The van der Waals surface area contributed by atoms with Crippen molar-refractivity contribution in [2.75, 3.05) is 39.1 Å². The molecule has 4 heterocycles. The summed E-state index contributed by atoms with van der Waals surface area (Å²) in [5, 5.41) is 11.3. The van der Waals surface area contributed by atoms with Crippen LogP contribution >= 0.6 is 0 Å². The third kappa shape index (κ3) is 4.49. The lowest BCUT2D eigenvalue weighted by atomic mass is 10.0. The predicted octanol–water partition coefficient (Wildman–Crippen LogP) is 2.62. The Bertz CT molecular complexity index is 1270. The number of nitrogens with two attached hydrogens (primary N) is 1. The number of pyridine rings is 1. The van der Waals surface area contributed by atoms with Crippen molar-refractivity contribution in [2.24, 2.45) is 5.92 Å². The maximum Gasteiger partial charge on any atom is 0.220 e. The lowest BCUT2D eigenvalue weighted by Gasteiger charge is -2.40. The van der Waals surface area contributed by atoms with Gasteiger partial charge in [0.05, 0.1) is 24.0 Å². The van der Waals surface area contributed by atoms with Gasteiger partial charge in [-0.15, -0.1) is 0 Å². The Morgan fingerprint density at radius 2 is 2.09 bits per heavy atom. The lowest BCUT2D eigenvalue weighted by Crippen LogP contribution is -2.47. The molecule has 2 fully saturated rings. The number of aliphatic hydroxyl groups is 1. The minimum Gasteiger partial charge on any atom is -0.385 e. The fourth-order valence-electron chi connectivity index (χ4n) is 4.55. The van der Waals surface area contributed by atoms with Gasteiger partial charge in [0.1, 0.15) is 17.0 Å². The zero-order chi connectivity index (χ0) is 23.9. The molecule has 34 heavy (non-hydrogen) atoms. The van der Waals surface area contributed by atoms with Gasteiger partial charge >= 0.3 is 0 Å². The molecule has 0 bridgehead atoms. The van der Waals surface area contributed by atoms with E-state index in [-0.39, 0.29) is 23.6 Å². The van der Waals surface area contributed by atoms with Gasteiger partial charge in [0.15, 0.2) is 5.82 Å². The summed E-state index contributed by atoms with van der Waals surface area (Å²) >= 11 is 0. The van der Waals surface area contributed by atoms with E-state index < -0.39 is 11.4 Å². The van der Waals surface area contributed by atoms with Crippen molar-refractivity contribution >= 4 is 16.9 Å². The molecule has 3 N–H and O–H groups in total. The molecule has 1 atom stereocenters. The van der Waals surface area contributed by atoms with E-state index in [1.165, 1.54) is 0 Å². The molecule has 8 nitrogen and oxygen atoms in total. The van der Waals surface area contributed by atoms with Crippen LogP contribution in [0, 0.1) is 23.6 Å². The first-order valence-corrected chi connectivity index (χ1v) is 11.6. The van der Waals surface area contributed by atoms with Crippen molar-refractivity contribution in [1.82, 2.24) is 24.4 Å². The highest BCUT2D eigenvalue weighted by Crippen LogP contribution is 2.39. The van der Waals surface area contributed by atoms with Crippen LogP contribution in [0.2, 0.25) is 0 Å². The number of anilines is 1.